The largest absolute Gasteiger partial charge is 0.366 e. The molecule has 0 amide bonds. The van der Waals surface area contributed by atoms with E-state index in [1.54, 1.807) is 6.07 Å². The van der Waals surface area contributed by atoms with Crippen LogP contribution in [0.2, 0.25) is 0 Å². The van der Waals surface area contributed by atoms with Crippen molar-refractivity contribution in [3.8, 4) is 0 Å². The number of hydrogen-bond acceptors (Lipinski definition) is 3. The number of anilines is 1. The molecule has 3 rings (SSSR count). The normalized spacial score (nSPS) is 11.0. The molecule has 0 aliphatic heterocycles. The first kappa shape index (κ1) is 14.0. The van der Waals surface area contributed by atoms with E-state index in [9.17, 15) is 4.39 Å². The third-order valence-electron chi connectivity index (χ3n) is 3.53. The number of nitrogens with one attached hydrogen (secondary N) is 1. The van der Waals surface area contributed by atoms with Crippen LogP contribution in [-0.2, 0) is 13.6 Å². The van der Waals surface area contributed by atoms with E-state index in [1.807, 2.05) is 37.0 Å². The van der Waals surface area contributed by atoms with Crippen LogP contribution in [0.4, 0.5) is 10.2 Å². The highest BCUT2D eigenvalue weighted by atomic mass is 79.9. The quantitative estimate of drug-likeness (QED) is 0.782. The van der Waals surface area contributed by atoms with Gasteiger partial charge in [0.25, 0.3) is 0 Å². The van der Waals surface area contributed by atoms with Crippen molar-refractivity contribution in [2.45, 2.75) is 13.5 Å². The summed E-state index contributed by atoms with van der Waals surface area (Å²) in [6.45, 7) is 2.65. The summed E-state index contributed by atoms with van der Waals surface area (Å²) in [5.74, 6) is 0.405. The topological polar surface area (TPSA) is 42.7 Å². The monoisotopic (exact) mass is 348 g/mol. The van der Waals surface area contributed by atoms with Gasteiger partial charge in [-0.25, -0.2) is 9.37 Å². The molecule has 0 aliphatic rings. The highest BCUT2D eigenvalue weighted by Crippen LogP contribution is 2.23. The summed E-state index contributed by atoms with van der Waals surface area (Å²) in [6.07, 6.45) is 1.83. The Morgan fingerprint density at radius 3 is 2.86 bits per heavy atom. The maximum atomic E-state index is 13.6. The molecule has 2 aromatic heterocycles. The van der Waals surface area contributed by atoms with Gasteiger partial charge in [-0.1, -0.05) is 0 Å². The second-order valence-electron chi connectivity index (χ2n) is 4.89. The van der Waals surface area contributed by atoms with Gasteiger partial charge < -0.3 is 5.32 Å². The molecule has 0 saturated heterocycles. The Morgan fingerprint density at radius 2 is 2.14 bits per heavy atom. The fourth-order valence-corrected chi connectivity index (χ4v) is 2.48. The van der Waals surface area contributed by atoms with E-state index in [2.05, 4.69) is 31.3 Å². The number of rotatable bonds is 3. The number of hydrogen-bond donors (Lipinski definition) is 1. The van der Waals surface area contributed by atoms with Crippen LogP contribution in [-0.4, -0.2) is 14.8 Å². The van der Waals surface area contributed by atoms with Crippen molar-refractivity contribution < 1.29 is 4.39 Å². The Labute approximate surface area is 130 Å². The maximum Gasteiger partial charge on any atom is 0.139 e. The van der Waals surface area contributed by atoms with Crippen LogP contribution in [0.5, 0.6) is 0 Å². The smallest absolute Gasteiger partial charge is 0.139 e. The Morgan fingerprint density at radius 1 is 1.33 bits per heavy atom. The minimum Gasteiger partial charge on any atom is -0.366 e. The standard InChI is InChI=1S/C15H14BrFN4/c1-9-11(8-19-21(9)2)7-18-15-4-3-10-5-12(16)13(17)6-14(10)20-15/h3-6,8H,7H2,1-2H3,(H,18,20). The summed E-state index contributed by atoms with van der Waals surface area (Å²) >= 11 is 3.18. The van der Waals surface area contributed by atoms with E-state index in [4.69, 9.17) is 0 Å². The lowest BCUT2D eigenvalue weighted by atomic mass is 10.2. The number of fused-ring (bicyclic) bond motifs is 1. The molecular formula is C15H14BrFN4. The van der Waals surface area contributed by atoms with Crippen molar-refractivity contribution in [2.24, 2.45) is 7.05 Å². The van der Waals surface area contributed by atoms with Crippen LogP contribution in [0.25, 0.3) is 10.9 Å². The molecule has 0 radical (unpaired) electrons. The molecule has 0 atom stereocenters. The van der Waals surface area contributed by atoms with Crippen LogP contribution in [0.1, 0.15) is 11.3 Å². The molecule has 6 heteroatoms. The molecule has 108 valence electrons. The Balaban J connectivity index is 1.84. The van der Waals surface area contributed by atoms with Crippen LogP contribution >= 0.6 is 15.9 Å². The van der Waals surface area contributed by atoms with Gasteiger partial charge in [0.1, 0.15) is 11.6 Å². The molecule has 0 aliphatic carbocycles. The Hall–Kier alpha value is -1.95. The van der Waals surface area contributed by atoms with Crippen LogP contribution < -0.4 is 5.32 Å². The summed E-state index contributed by atoms with van der Waals surface area (Å²) in [4.78, 5) is 4.43. The van der Waals surface area contributed by atoms with E-state index in [-0.39, 0.29) is 5.82 Å². The fraction of sp³-hybridized carbons (Fsp3) is 0.200. The third-order valence-corrected chi connectivity index (χ3v) is 4.14. The first-order chi connectivity index (χ1) is 10.0. The lowest BCUT2D eigenvalue weighted by Crippen LogP contribution is -2.03. The summed E-state index contributed by atoms with van der Waals surface area (Å²) in [7, 11) is 1.91. The molecule has 0 fully saturated rings. The van der Waals surface area contributed by atoms with Gasteiger partial charge >= 0.3 is 0 Å². The van der Waals surface area contributed by atoms with Crippen molar-refractivity contribution >= 4 is 32.7 Å². The van der Waals surface area contributed by atoms with Gasteiger partial charge in [-0.05, 0) is 41.1 Å². The molecule has 3 aromatic rings. The van der Waals surface area contributed by atoms with E-state index in [0.717, 1.165) is 16.6 Å². The number of halogens is 2. The first-order valence-corrected chi connectivity index (χ1v) is 7.31. The minimum absolute atomic E-state index is 0.310. The molecule has 0 unspecified atom stereocenters. The molecule has 0 bridgehead atoms. The number of aryl methyl sites for hydroxylation is 1. The molecular weight excluding hydrogens is 335 g/mol. The van der Waals surface area contributed by atoms with E-state index < -0.39 is 0 Å². The second kappa shape index (κ2) is 5.44. The average molecular weight is 349 g/mol. The fourth-order valence-electron chi connectivity index (χ4n) is 2.12. The van der Waals surface area contributed by atoms with Crippen LogP contribution in [0.15, 0.2) is 34.9 Å². The lowest BCUT2D eigenvalue weighted by molar-refractivity contribution is 0.623. The SMILES string of the molecule is Cc1c(CNc2ccc3cc(Br)c(F)cc3n2)cnn1C. The minimum atomic E-state index is -0.310. The molecule has 1 N–H and O–H groups in total. The molecule has 2 heterocycles. The van der Waals surface area contributed by atoms with E-state index >= 15 is 0 Å². The molecule has 1 aromatic carbocycles. The summed E-state index contributed by atoms with van der Waals surface area (Å²) in [6, 6.07) is 6.97. The van der Waals surface area contributed by atoms with Crippen molar-refractivity contribution in [3.05, 3.63) is 52.0 Å². The third kappa shape index (κ3) is 2.76. The second-order valence-corrected chi connectivity index (χ2v) is 5.74. The lowest BCUT2D eigenvalue weighted by Gasteiger charge is -2.07. The van der Waals surface area contributed by atoms with Gasteiger partial charge in [0.2, 0.25) is 0 Å². The zero-order chi connectivity index (χ0) is 15.0. The number of nitrogens with zero attached hydrogens (tertiary/aromatic N) is 3. The van der Waals surface area contributed by atoms with Crippen LogP contribution in [0.3, 0.4) is 0 Å². The van der Waals surface area contributed by atoms with Gasteiger partial charge in [-0.2, -0.15) is 5.10 Å². The predicted octanol–water partition coefficient (Wildman–Crippen LogP) is 3.79. The van der Waals surface area contributed by atoms with E-state index in [1.165, 1.54) is 6.07 Å². The Kier molecular flexibility index (Phi) is 3.63. The van der Waals surface area contributed by atoms with Gasteiger partial charge in [-0.15, -0.1) is 0 Å². The predicted molar refractivity (Wildman–Crippen MR) is 84.7 cm³/mol. The highest BCUT2D eigenvalue weighted by molar-refractivity contribution is 9.10. The molecule has 0 spiro atoms. The van der Waals surface area contributed by atoms with Crippen molar-refractivity contribution in [2.75, 3.05) is 5.32 Å². The first-order valence-electron chi connectivity index (χ1n) is 6.52. The summed E-state index contributed by atoms with van der Waals surface area (Å²) in [5, 5.41) is 8.34. The van der Waals surface area contributed by atoms with Crippen molar-refractivity contribution in [1.29, 1.82) is 0 Å². The van der Waals surface area contributed by atoms with Gasteiger partial charge in [0.05, 0.1) is 16.2 Å². The number of benzene rings is 1. The highest BCUT2D eigenvalue weighted by Gasteiger charge is 2.06. The van der Waals surface area contributed by atoms with Gasteiger partial charge in [0.15, 0.2) is 0 Å². The van der Waals surface area contributed by atoms with Crippen molar-refractivity contribution in [3.63, 3.8) is 0 Å². The molecule has 0 saturated carbocycles. The number of pyridine rings is 1. The Bertz CT molecular complexity index is 813. The van der Waals surface area contributed by atoms with Crippen LogP contribution in [0, 0.1) is 12.7 Å². The maximum absolute atomic E-state index is 13.6. The van der Waals surface area contributed by atoms with Gasteiger partial charge in [-0.3, -0.25) is 4.68 Å². The van der Waals surface area contributed by atoms with Gasteiger partial charge in [0, 0.05) is 36.3 Å². The zero-order valence-electron chi connectivity index (χ0n) is 11.7. The average Bonchev–Trinajstić information content (AvgIpc) is 2.78. The summed E-state index contributed by atoms with van der Waals surface area (Å²) in [5.41, 5.74) is 2.85. The molecule has 4 nitrogen and oxygen atoms in total. The number of aromatic nitrogens is 3. The van der Waals surface area contributed by atoms with Crippen molar-refractivity contribution in [1.82, 2.24) is 14.8 Å². The molecule has 21 heavy (non-hydrogen) atoms. The van der Waals surface area contributed by atoms with E-state index in [0.29, 0.717) is 22.4 Å². The zero-order valence-corrected chi connectivity index (χ0v) is 13.3. The summed E-state index contributed by atoms with van der Waals surface area (Å²) < 4.78 is 15.8.